The Labute approximate surface area is 85.9 Å². The Balaban J connectivity index is 2.27. The molecule has 9 nitrogen and oxygen atoms in total. The van der Waals surface area contributed by atoms with Crippen molar-refractivity contribution in [2.75, 3.05) is 25.6 Å². The topological polar surface area (TPSA) is 122 Å². The van der Waals surface area contributed by atoms with Crippen LogP contribution in [0.2, 0.25) is 0 Å². The van der Waals surface area contributed by atoms with Crippen LogP contribution in [-0.4, -0.2) is 51.9 Å². The first-order valence-electron chi connectivity index (χ1n) is 4.29. The van der Waals surface area contributed by atoms with E-state index in [4.69, 9.17) is 10.6 Å². The van der Waals surface area contributed by atoms with Crippen molar-refractivity contribution < 1.29 is 9.53 Å². The highest BCUT2D eigenvalue weighted by Gasteiger charge is 2.10. The van der Waals surface area contributed by atoms with Crippen molar-refractivity contribution in [2.24, 2.45) is 5.84 Å². The van der Waals surface area contributed by atoms with Crippen LogP contribution in [0.1, 0.15) is 6.42 Å². The van der Waals surface area contributed by atoms with E-state index in [1.807, 2.05) is 0 Å². The molecule has 4 N–H and O–H groups in total. The maximum Gasteiger partial charge on any atom is 0.338 e. The van der Waals surface area contributed by atoms with E-state index < -0.39 is 6.03 Å². The number of urea groups is 1. The Kier molecular flexibility index (Phi) is 4.44. The van der Waals surface area contributed by atoms with E-state index in [0.29, 0.717) is 19.6 Å². The van der Waals surface area contributed by atoms with Crippen LogP contribution in [0.3, 0.4) is 0 Å². The number of aromatic nitrogens is 4. The maximum atomic E-state index is 11.3. The number of H-pyrrole nitrogens is 1. The summed E-state index contributed by atoms with van der Waals surface area (Å²) in [5.74, 6) is 5.54. The average Bonchev–Trinajstić information content (AvgIpc) is 2.70. The summed E-state index contributed by atoms with van der Waals surface area (Å²) in [6.07, 6.45) is 0.659. The van der Waals surface area contributed by atoms with Gasteiger partial charge in [-0.25, -0.2) is 10.6 Å². The Bertz CT molecular complexity index is 288. The summed E-state index contributed by atoms with van der Waals surface area (Å²) in [6.45, 7) is 0.931. The number of rotatable bonds is 5. The van der Waals surface area contributed by atoms with Gasteiger partial charge in [-0.3, -0.25) is 10.3 Å². The number of nitrogens with zero attached hydrogens (tertiary/aromatic N) is 4. The normalized spacial score (nSPS) is 10.0. The highest BCUT2D eigenvalue weighted by molar-refractivity contribution is 5.86. The van der Waals surface area contributed by atoms with E-state index in [1.165, 1.54) is 0 Å². The molecule has 1 heterocycles. The summed E-state index contributed by atoms with van der Waals surface area (Å²) in [7, 11) is 1.58. The van der Waals surface area contributed by atoms with Gasteiger partial charge >= 0.3 is 6.03 Å². The van der Waals surface area contributed by atoms with Gasteiger partial charge in [0.25, 0.3) is 5.95 Å². The summed E-state index contributed by atoms with van der Waals surface area (Å²) in [5, 5.41) is 16.0. The van der Waals surface area contributed by atoms with Crippen molar-refractivity contribution in [1.82, 2.24) is 25.6 Å². The molecule has 0 spiro atoms. The third-order valence-corrected chi connectivity index (χ3v) is 1.57. The van der Waals surface area contributed by atoms with Gasteiger partial charge in [-0.2, -0.15) is 5.21 Å². The standard InChI is InChI=1S/C6H13N7O2/c1-15-4-2-3-13(7)6(14)8-5-9-11-12-10-5/h2-4,7H2,1H3,(H2,8,9,10,11,12,14). The van der Waals surface area contributed by atoms with Gasteiger partial charge in [-0.05, 0) is 11.6 Å². The fourth-order valence-corrected chi connectivity index (χ4v) is 0.863. The van der Waals surface area contributed by atoms with Crippen LogP contribution in [0, 0.1) is 0 Å². The molecule has 0 aromatic carbocycles. The summed E-state index contributed by atoms with van der Waals surface area (Å²) in [4.78, 5) is 11.3. The van der Waals surface area contributed by atoms with Crippen LogP contribution in [0.4, 0.5) is 10.7 Å². The third kappa shape index (κ3) is 3.87. The van der Waals surface area contributed by atoms with Gasteiger partial charge in [0.2, 0.25) is 0 Å². The Morgan fingerprint density at radius 3 is 3.13 bits per heavy atom. The zero-order valence-corrected chi connectivity index (χ0v) is 8.30. The number of carbonyl (C=O) groups excluding carboxylic acids is 1. The van der Waals surface area contributed by atoms with Crippen LogP contribution in [0.15, 0.2) is 0 Å². The quantitative estimate of drug-likeness (QED) is 0.249. The summed E-state index contributed by atoms with van der Waals surface area (Å²) in [5.41, 5.74) is 0. The molecule has 0 aliphatic carbocycles. The second kappa shape index (κ2) is 5.88. The number of ether oxygens (including phenoxy) is 1. The smallest absolute Gasteiger partial charge is 0.338 e. The predicted octanol–water partition coefficient (Wildman–Crippen LogP) is -1.06. The predicted molar refractivity (Wildman–Crippen MR) is 50.6 cm³/mol. The number of hydrazine groups is 1. The highest BCUT2D eigenvalue weighted by Crippen LogP contribution is 1.94. The fraction of sp³-hybridized carbons (Fsp3) is 0.667. The zero-order valence-electron chi connectivity index (χ0n) is 8.30. The number of anilines is 1. The Hall–Kier alpha value is -1.74. The minimum atomic E-state index is -0.493. The molecule has 0 unspecified atom stereocenters. The van der Waals surface area contributed by atoms with Gasteiger partial charge in [0.15, 0.2) is 0 Å². The zero-order chi connectivity index (χ0) is 11.1. The first-order chi connectivity index (χ1) is 7.24. The minimum Gasteiger partial charge on any atom is -0.385 e. The van der Waals surface area contributed by atoms with Crippen LogP contribution >= 0.6 is 0 Å². The molecule has 1 aromatic rings. The van der Waals surface area contributed by atoms with Crippen molar-refractivity contribution in [3.05, 3.63) is 0 Å². The molecule has 1 aromatic heterocycles. The summed E-state index contributed by atoms with van der Waals surface area (Å²) < 4.78 is 4.82. The molecule has 84 valence electrons. The summed E-state index contributed by atoms with van der Waals surface area (Å²) >= 11 is 0. The lowest BCUT2D eigenvalue weighted by molar-refractivity contribution is 0.174. The highest BCUT2D eigenvalue weighted by atomic mass is 16.5. The molecule has 0 bridgehead atoms. The molecule has 0 saturated heterocycles. The SMILES string of the molecule is COCCCN(N)C(=O)Nc1nn[nH]n1. The molecule has 0 saturated carbocycles. The number of hydrogen-bond acceptors (Lipinski definition) is 6. The molecule has 2 amide bonds. The molecule has 0 aliphatic heterocycles. The third-order valence-electron chi connectivity index (χ3n) is 1.57. The summed E-state index contributed by atoms with van der Waals surface area (Å²) in [6, 6.07) is -0.493. The molecule has 9 heteroatoms. The van der Waals surface area contributed by atoms with Crippen LogP contribution in [0.5, 0.6) is 0 Å². The van der Waals surface area contributed by atoms with Gasteiger partial charge in [0.1, 0.15) is 0 Å². The molecule has 0 radical (unpaired) electrons. The van der Waals surface area contributed by atoms with E-state index in [0.717, 1.165) is 5.01 Å². The number of aromatic amines is 1. The van der Waals surface area contributed by atoms with Crippen molar-refractivity contribution in [1.29, 1.82) is 0 Å². The van der Waals surface area contributed by atoms with Crippen molar-refractivity contribution in [3.8, 4) is 0 Å². The lowest BCUT2D eigenvalue weighted by Crippen LogP contribution is -2.41. The van der Waals surface area contributed by atoms with E-state index in [2.05, 4.69) is 25.9 Å². The maximum absolute atomic E-state index is 11.3. The second-order valence-corrected chi connectivity index (χ2v) is 2.71. The number of tetrazole rings is 1. The number of nitrogens with two attached hydrogens (primary N) is 1. The van der Waals surface area contributed by atoms with E-state index in [1.54, 1.807) is 7.11 Å². The molecule has 1 rings (SSSR count). The van der Waals surface area contributed by atoms with Gasteiger partial charge in [0.05, 0.1) is 0 Å². The molecule has 0 atom stereocenters. The largest absolute Gasteiger partial charge is 0.385 e. The van der Waals surface area contributed by atoms with E-state index in [9.17, 15) is 4.79 Å². The second-order valence-electron chi connectivity index (χ2n) is 2.71. The van der Waals surface area contributed by atoms with Crippen LogP contribution in [0.25, 0.3) is 0 Å². The monoisotopic (exact) mass is 215 g/mol. The minimum absolute atomic E-state index is 0.0854. The number of hydrogen-bond donors (Lipinski definition) is 3. The van der Waals surface area contributed by atoms with Gasteiger partial charge in [0, 0.05) is 20.3 Å². The van der Waals surface area contributed by atoms with Gasteiger partial charge in [-0.1, -0.05) is 5.10 Å². The van der Waals surface area contributed by atoms with Crippen molar-refractivity contribution in [2.45, 2.75) is 6.42 Å². The number of carbonyl (C=O) groups is 1. The lowest BCUT2D eigenvalue weighted by Gasteiger charge is -2.15. The first-order valence-corrected chi connectivity index (χ1v) is 4.29. The van der Waals surface area contributed by atoms with Crippen molar-refractivity contribution in [3.63, 3.8) is 0 Å². The lowest BCUT2D eigenvalue weighted by atomic mass is 10.4. The van der Waals surface area contributed by atoms with E-state index >= 15 is 0 Å². The number of amides is 2. The Morgan fingerprint density at radius 2 is 2.53 bits per heavy atom. The number of nitrogens with one attached hydrogen (secondary N) is 2. The van der Waals surface area contributed by atoms with Crippen LogP contribution in [-0.2, 0) is 4.74 Å². The molecular weight excluding hydrogens is 202 g/mol. The molecular formula is C6H13N7O2. The first kappa shape index (κ1) is 11.3. The number of methoxy groups -OCH3 is 1. The fourth-order valence-electron chi connectivity index (χ4n) is 0.863. The molecule has 0 aliphatic rings. The average molecular weight is 215 g/mol. The van der Waals surface area contributed by atoms with E-state index in [-0.39, 0.29) is 5.95 Å². The van der Waals surface area contributed by atoms with Crippen LogP contribution < -0.4 is 11.2 Å². The molecule has 15 heavy (non-hydrogen) atoms. The van der Waals surface area contributed by atoms with Gasteiger partial charge < -0.3 is 4.74 Å². The molecule has 0 fully saturated rings. The van der Waals surface area contributed by atoms with Crippen molar-refractivity contribution >= 4 is 12.0 Å². The Morgan fingerprint density at radius 1 is 1.73 bits per heavy atom. The van der Waals surface area contributed by atoms with Gasteiger partial charge in [-0.15, -0.1) is 5.10 Å².